The highest BCUT2D eigenvalue weighted by Gasteiger charge is 2.52. The average Bonchev–Trinajstić information content (AvgIpc) is 3.43. The zero-order valence-electron chi connectivity index (χ0n) is 23.9. The minimum absolute atomic E-state index is 0.0205. The molecule has 0 radical (unpaired) electrons. The average molecular weight is 564 g/mol. The van der Waals surface area contributed by atoms with Gasteiger partial charge < -0.3 is 18.9 Å². The third-order valence-electron chi connectivity index (χ3n) is 6.07. The number of aromatic nitrogens is 4. The lowest BCUT2D eigenvalue weighted by atomic mass is 10.1. The Morgan fingerprint density at radius 2 is 1.50 bits per heavy atom. The van der Waals surface area contributed by atoms with Gasteiger partial charge in [0.2, 0.25) is 11.9 Å². The predicted molar refractivity (Wildman–Crippen MR) is 141 cm³/mol. The molecule has 1 amide bonds. The second-order valence-electron chi connectivity index (χ2n) is 10.8. The molecule has 1 aliphatic rings. The summed E-state index contributed by atoms with van der Waals surface area (Å²) in [5.41, 5.74) is -0.667. The van der Waals surface area contributed by atoms with E-state index < -0.39 is 65.8 Å². The van der Waals surface area contributed by atoms with Crippen LogP contribution >= 0.6 is 0 Å². The maximum atomic E-state index is 12.8. The molecule has 14 nitrogen and oxygen atoms in total. The second-order valence-corrected chi connectivity index (χ2v) is 10.8. The lowest BCUT2D eigenvalue weighted by molar-refractivity contribution is -0.173. The summed E-state index contributed by atoms with van der Waals surface area (Å²) in [6, 6.07) is 0. The lowest BCUT2D eigenvalue weighted by Gasteiger charge is -2.26. The van der Waals surface area contributed by atoms with Crippen LogP contribution in [0.25, 0.3) is 11.2 Å². The molecule has 2 aromatic heterocycles. The van der Waals surface area contributed by atoms with Gasteiger partial charge in [-0.2, -0.15) is 4.98 Å². The standard InChI is InChI=1S/C26H37N5O9/c1-11(2)20(32)29-26-28-19-16(21(33)30-26)27-10-31(19)22-18(40-25(36)14(7)8)17(39-24(35)13(5)6)15(38-22)9-37-23(34)12(3)4/h10-15,17-18,22H,9H2,1-8H3,(H2,28,29,30,32,33)/t15-,17+,18+,22-/m1/s1. The molecular formula is C26H37N5O9. The number of carbonyl (C=O) groups is 4. The third kappa shape index (κ3) is 6.84. The first-order valence-corrected chi connectivity index (χ1v) is 13.2. The highest BCUT2D eigenvalue weighted by atomic mass is 16.7. The Labute approximate surface area is 231 Å². The van der Waals surface area contributed by atoms with Gasteiger partial charge in [0, 0.05) is 5.92 Å². The molecule has 0 bridgehead atoms. The van der Waals surface area contributed by atoms with Crippen molar-refractivity contribution in [3.05, 3.63) is 16.7 Å². The number of ether oxygens (including phenoxy) is 4. The summed E-state index contributed by atoms with van der Waals surface area (Å²) >= 11 is 0. The molecule has 1 saturated heterocycles. The SMILES string of the molecule is CC(C)C(=O)Nc1nc2c(ncn2[C@@H]2O[C@H](COC(=O)C(C)C)[C@H](OC(=O)C(C)C)[C@@H]2OC(=O)C(C)C)c(=O)[nH]1. The van der Waals surface area contributed by atoms with Crippen LogP contribution in [0.2, 0.25) is 0 Å². The number of fused-ring (bicyclic) bond motifs is 1. The quantitative estimate of drug-likeness (QED) is 0.318. The van der Waals surface area contributed by atoms with E-state index in [0.29, 0.717) is 0 Å². The number of esters is 3. The van der Waals surface area contributed by atoms with Crippen LogP contribution in [0.3, 0.4) is 0 Å². The topological polar surface area (TPSA) is 181 Å². The van der Waals surface area contributed by atoms with Gasteiger partial charge in [0.15, 0.2) is 29.6 Å². The van der Waals surface area contributed by atoms with Gasteiger partial charge in [-0.15, -0.1) is 0 Å². The molecule has 2 N–H and O–H groups in total. The number of imidazole rings is 1. The van der Waals surface area contributed by atoms with E-state index in [9.17, 15) is 24.0 Å². The molecule has 1 fully saturated rings. The smallest absolute Gasteiger partial charge is 0.308 e. The predicted octanol–water partition coefficient (Wildman–Crippen LogP) is 1.95. The van der Waals surface area contributed by atoms with Crippen LogP contribution < -0.4 is 10.9 Å². The number of H-pyrrole nitrogens is 1. The number of nitrogens with zero attached hydrogens (tertiary/aromatic N) is 3. The molecule has 0 unspecified atom stereocenters. The first kappa shape index (κ1) is 30.7. The Balaban J connectivity index is 2.09. The van der Waals surface area contributed by atoms with Crippen molar-refractivity contribution in [2.24, 2.45) is 23.7 Å². The minimum Gasteiger partial charge on any atom is -0.463 e. The maximum Gasteiger partial charge on any atom is 0.308 e. The van der Waals surface area contributed by atoms with Crippen molar-refractivity contribution in [2.75, 3.05) is 11.9 Å². The van der Waals surface area contributed by atoms with Gasteiger partial charge >= 0.3 is 17.9 Å². The van der Waals surface area contributed by atoms with Gasteiger partial charge in [-0.3, -0.25) is 38.8 Å². The Morgan fingerprint density at radius 3 is 2.05 bits per heavy atom. The van der Waals surface area contributed by atoms with Crippen LogP contribution in [0.1, 0.15) is 61.6 Å². The minimum atomic E-state index is -1.22. The van der Waals surface area contributed by atoms with Crippen LogP contribution in [-0.4, -0.2) is 68.3 Å². The van der Waals surface area contributed by atoms with Gasteiger partial charge in [-0.25, -0.2) is 4.98 Å². The molecule has 2 aromatic rings. The molecule has 40 heavy (non-hydrogen) atoms. The molecule has 3 rings (SSSR count). The number of rotatable bonds is 10. The number of hydrogen-bond acceptors (Lipinski definition) is 11. The summed E-state index contributed by atoms with van der Waals surface area (Å²) in [4.78, 5) is 73.6. The number of aromatic amines is 1. The summed E-state index contributed by atoms with van der Waals surface area (Å²) in [5, 5.41) is 2.54. The van der Waals surface area contributed by atoms with Crippen molar-refractivity contribution in [2.45, 2.75) is 79.9 Å². The number of amides is 1. The normalized spacial score (nSPS) is 20.9. The fraction of sp³-hybridized carbons (Fsp3) is 0.654. The van der Waals surface area contributed by atoms with Crippen molar-refractivity contribution < 1.29 is 38.1 Å². The Morgan fingerprint density at radius 1 is 0.925 bits per heavy atom. The summed E-state index contributed by atoms with van der Waals surface area (Å²) in [7, 11) is 0. The summed E-state index contributed by atoms with van der Waals surface area (Å²) in [6.07, 6.45) is -3.32. The van der Waals surface area contributed by atoms with E-state index in [-0.39, 0.29) is 35.5 Å². The monoisotopic (exact) mass is 563 g/mol. The maximum absolute atomic E-state index is 12.8. The molecular weight excluding hydrogens is 526 g/mol. The third-order valence-corrected chi connectivity index (χ3v) is 6.07. The van der Waals surface area contributed by atoms with Crippen molar-refractivity contribution in [3.8, 4) is 0 Å². The Kier molecular flexibility index (Phi) is 9.66. The molecule has 220 valence electrons. The van der Waals surface area contributed by atoms with E-state index >= 15 is 0 Å². The van der Waals surface area contributed by atoms with Crippen molar-refractivity contribution in [3.63, 3.8) is 0 Å². The largest absolute Gasteiger partial charge is 0.463 e. The van der Waals surface area contributed by atoms with Crippen LogP contribution in [0.5, 0.6) is 0 Å². The van der Waals surface area contributed by atoms with Crippen LogP contribution in [-0.2, 0) is 38.1 Å². The number of carbonyl (C=O) groups excluding carboxylic acids is 4. The van der Waals surface area contributed by atoms with Gasteiger partial charge in [-0.1, -0.05) is 55.4 Å². The lowest BCUT2D eigenvalue weighted by Crippen LogP contribution is -2.42. The van der Waals surface area contributed by atoms with E-state index in [1.54, 1.807) is 55.4 Å². The van der Waals surface area contributed by atoms with Crippen molar-refractivity contribution in [1.82, 2.24) is 19.5 Å². The first-order valence-electron chi connectivity index (χ1n) is 13.2. The number of nitrogens with one attached hydrogen (secondary N) is 2. The molecule has 1 aliphatic heterocycles. The van der Waals surface area contributed by atoms with Crippen molar-refractivity contribution >= 4 is 40.9 Å². The van der Waals surface area contributed by atoms with Gasteiger partial charge in [0.1, 0.15) is 12.7 Å². The van der Waals surface area contributed by atoms with E-state index in [1.807, 2.05) is 0 Å². The molecule has 0 aliphatic carbocycles. The fourth-order valence-corrected chi connectivity index (χ4v) is 3.64. The first-order chi connectivity index (χ1) is 18.7. The number of anilines is 1. The van der Waals surface area contributed by atoms with Crippen LogP contribution in [0.15, 0.2) is 11.1 Å². The highest BCUT2D eigenvalue weighted by molar-refractivity contribution is 5.91. The fourth-order valence-electron chi connectivity index (χ4n) is 3.64. The summed E-state index contributed by atoms with van der Waals surface area (Å²) in [6.45, 7) is 13.0. The van der Waals surface area contributed by atoms with Gasteiger partial charge in [0.25, 0.3) is 5.56 Å². The molecule has 3 heterocycles. The molecule has 0 spiro atoms. The molecule has 0 saturated carbocycles. The van der Waals surface area contributed by atoms with E-state index in [4.69, 9.17) is 18.9 Å². The van der Waals surface area contributed by atoms with Crippen LogP contribution in [0, 0.1) is 23.7 Å². The molecule has 14 heteroatoms. The molecule has 4 atom stereocenters. The van der Waals surface area contributed by atoms with Gasteiger partial charge in [0.05, 0.1) is 24.1 Å². The van der Waals surface area contributed by atoms with E-state index in [2.05, 4.69) is 20.3 Å². The zero-order valence-corrected chi connectivity index (χ0v) is 23.9. The highest BCUT2D eigenvalue weighted by Crippen LogP contribution is 2.36. The second kappa shape index (κ2) is 12.6. The van der Waals surface area contributed by atoms with Crippen molar-refractivity contribution in [1.29, 1.82) is 0 Å². The van der Waals surface area contributed by atoms with E-state index in [1.165, 1.54) is 10.9 Å². The zero-order chi connectivity index (χ0) is 29.9. The molecule has 0 aromatic carbocycles. The Hall–Kier alpha value is -3.81. The summed E-state index contributed by atoms with van der Waals surface area (Å²) in [5.74, 6) is -4.00. The summed E-state index contributed by atoms with van der Waals surface area (Å²) < 4.78 is 24.4. The number of hydrogen-bond donors (Lipinski definition) is 2. The van der Waals surface area contributed by atoms with Gasteiger partial charge in [-0.05, 0) is 0 Å². The van der Waals surface area contributed by atoms with Crippen LogP contribution in [0.4, 0.5) is 5.95 Å². The Bertz CT molecular complexity index is 1310. The van der Waals surface area contributed by atoms with E-state index in [0.717, 1.165) is 0 Å².